The molecular weight excluding hydrogens is 383 g/mol. The normalized spacial score (nSPS) is 16.2. The summed E-state index contributed by atoms with van der Waals surface area (Å²) in [5.41, 5.74) is 1.58. The van der Waals surface area contributed by atoms with Gasteiger partial charge in [0.1, 0.15) is 12.4 Å². The number of rotatable bonds is 5. The van der Waals surface area contributed by atoms with Crippen LogP contribution in [-0.4, -0.2) is 53.1 Å². The first-order valence-electron chi connectivity index (χ1n) is 6.98. The monoisotopic (exact) mass is 400 g/mol. The fourth-order valence-corrected chi connectivity index (χ4v) is 2.71. The number of fused-ring (bicyclic) bond motifs is 1. The van der Waals surface area contributed by atoms with Crippen LogP contribution in [0, 0.1) is 0 Å². The Morgan fingerprint density at radius 1 is 1.33 bits per heavy atom. The number of hydrogen-bond acceptors (Lipinski definition) is 4. The second-order valence-electron chi connectivity index (χ2n) is 5.01. The molecule has 1 saturated heterocycles. The summed E-state index contributed by atoms with van der Waals surface area (Å²) in [6, 6.07) is 7.70. The first kappa shape index (κ1) is 14.8. The molecule has 1 aromatic carbocycles. The van der Waals surface area contributed by atoms with Gasteiger partial charge in [0.2, 0.25) is 3.79 Å². The number of nitrogens with one attached hydrogen (secondary N) is 1. The summed E-state index contributed by atoms with van der Waals surface area (Å²) in [4.78, 5) is 16.8. The van der Waals surface area contributed by atoms with Crippen molar-refractivity contribution in [2.75, 3.05) is 39.5 Å². The lowest BCUT2D eigenvalue weighted by molar-refractivity contribution is 0.0322. The number of morpholine rings is 1. The zero-order valence-corrected chi connectivity index (χ0v) is 13.8. The number of aromatic amines is 1. The van der Waals surface area contributed by atoms with E-state index in [1.165, 1.54) is 0 Å². The SMILES string of the molecule is O=C(I)c1cc2cc(OCCN3CCOCC3)ccc2[nH]1. The molecule has 6 heteroatoms. The lowest BCUT2D eigenvalue weighted by Gasteiger charge is -2.26. The lowest BCUT2D eigenvalue weighted by atomic mass is 10.2. The number of carbonyl (C=O) groups excluding carboxylic acids is 1. The van der Waals surface area contributed by atoms with E-state index in [1.807, 2.05) is 24.3 Å². The summed E-state index contributed by atoms with van der Waals surface area (Å²) < 4.78 is 11.1. The average molecular weight is 400 g/mol. The number of halogens is 1. The molecule has 5 nitrogen and oxygen atoms in total. The zero-order chi connectivity index (χ0) is 14.7. The number of aromatic nitrogens is 1. The molecular formula is C15H17IN2O3. The van der Waals surface area contributed by atoms with Gasteiger partial charge in [0.25, 0.3) is 0 Å². The molecule has 3 rings (SSSR count). The van der Waals surface area contributed by atoms with E-state index in [9.17, 15) is 4.79 Å². The highest BCUT2D eigenvalue weighted by Gasteiger charge is 2.10. The van der Waals surface area contributed by atoms with E-state index in [0.29, 0.717) is 12.3 Å². The summed E-state index contributed by atoms with van der Waals surface area (Å²) in [5, 5.41) is 0.999. The third-order valence-electron chi connectivity index (χ3n) is 3.58. The minimum atomic E-state index is 0.0126. The molecule has 0 aliphatic carbocycles. The molecule has 1 fully saturated rings. The van der Waals surface area contributed by atoms with Gasteiger partial charge in [-0.2, -0.15) is 0 Å². The highest BCUT2D eigenvalue weighted by atomic mass is 127. The van der Waals surface area contributed by atoms with E-state index in [1.54, 1.807) is 22.6 Å². The lowest BCUT2D eigenvalue weighted by Crippen LogP contribution is -2.38. The van der Waals surface area contributed by atoms with Gasteiger partial charge in [-0.25, -0.2) is 0 Å². The van der Waals surface area contributed by atoms with Gasteiger partial charge in [-0.05, 0) is 24.3 Å². The standard InChI is InChI=1S/C15H17IN2O3/c16-15(19)14-10-11-9-12(1-2-13(11)17-14)21-8-5-18-3-6-20-7-4-18/h1-2,9-10,17H,3-8H2. The van der Waals surface area contributed by atoms with Gasteiger partial charge >= 0.3 is 0 Å². The van der Waals surface area contributed by atoms with Crippen LogP contribution < -0.4 is 4.74 Å². The smallest absolute Gasteiger partial charge is 0.238 e. The Hall–Kier alpha value is -1.12. The molecule has 0 saturated carbocycles. The molecule has 0 amide bonds. The van der Waals surface area contributed by atoms with Crippen molar-refractivity contribution in [3.8, 4) is 5.75 Å². The molecule has 1 aliphatic heterocycles. The van der Waals surface area contributed by atoms with Crippen molar-refractivity contribution in [2.24, 2.45) is 0 Å². The zero-order valence-electron chi connectivity index (χ0n) is 11.6. The maximum Gasteiger partial charge on any atom is 0.238 e. The van der Waals surface area contributed by atoms with E-state index < -0.39 is 0 Å². The van der Waals surface area contributed by atoms with Crippen LogP contribution in [0.2, 0.25) is 0 Å². The number of hydrogen-bond donors (Lipinski definition) is 1. The maximum absolute atomic E-state index is 11.4. The molecule has 2 aromatic rings. The highest BCUT2D eigenvalue weighted by Crippen LogP contribution is 2.22. The molecule has 0 bridgehead atoms. The topological polar surface area (TPSA) is 54.6 Å². The molecule has 2 heterocycles. The minimum absolute atomic E-state index is 0.0126. The van der Waals surface area contributed by atoms with Crippen LogP contribution in [0.25, 0.3) is 10.9 Å². The van der Waals surface area contributed by atoms with Crippen LogP contribution in [0.5, 0.6) is 5.75 Å². The van der Waals surface area contributed by atoms with Crippen LogP contribution in [0.4, 0.5) is 0 Å². The molecule has 112 valence electrons. The van der Waals surface area contributed by atoms with Crippen LogP contribution >= 0.6 is 22.6 Å². The Bertz CT molecular complexity index is 635. The fraction of sp³-hybridized carbons (Fsp3) is 0.400. The van der Waals surface area contributed by atoms with Gasteiger partial charge in [-0.1, -0.05) is 0 Å². The molecule has 1 aliphatic rings. The summed E-state index contributed by atoms with van der Waals surface area (Å²) in [5.74, 6) is 0.835. The Balaban J connectivity index is 1.60. The van der Waals surface area contributed by atoms with Gasteiger partial charge in [0.15, 0.2) is 0 Å². The highest BCUT2D eigenvalue weighted by molar-refractivity contribution is 14.1. The van der Waals surface area contributed by atoms with Crippen molar-refractivity contribution >= 4 is 37.3 Å². The Kier molecular flexibility index (Phi) is 4.77. The third kappa shape index (κ3) is 3.75. The summed E-state index contributed by atoms with van der Waals surface area (Å²) in [6.07, 6.45) is 0. The van der Waals surface area contributed by atoms with Crippen LogP contribution in [0.3, 0.4) is 0 Å². The predicted molar refractivity (Wildman–Crippen MR) is 89.4 cm³/mol. The molecule has 0 atom stereocenters. The van der Waals surface area contributed by atoms with Gasteiger partial charge in [0, 0.05) is 53.1 Å². The van der Waals surface area contributed by atoms with E-state index in [4.69, 9.17) is 9.47 Å². The maximum atomic E-state index is 11.4. The Morgan fingerprint density at radius 3 is 2.90 bits per heavy atom. The van der Waals surface area contributed by atoms with E-state index in [2.05, 4.69) is 9.88 Å². The quantitative estimate of drug-likeness (QED) is 0.619. The van der Waals surface area contributed by atoms with Crippen molar-refractivity contribution in [3.05, 3.63) is 30.0 Å². The van der Waals surface area contributed by atoms with Crippen molar-refractivity contribution in [1.29, 1.82) is 0 Å². The molecule has 0 unspecified atom stereocenters. The number of carbonyl (C=O) groups is 1. The van der Waals surface area contributed by atoms with Crippen molar-refractivity contribution in [2.45, 2.75) is 0 Å². The second-order valence-corrected chi connectivity index (χ2v) is 5.99. The number of nitrogens with zero attached hydrogens (tertiary/aromatic N) is 1. The van der Waals surface area contributed by atoms with Crippen LogP contribution in [0.1, 0.15) is 10.5 Å². The first-order chi connectivity index (χ1) is 10.2. The van der Waals surface area contributed by atoms with Crippen molar-refractivity contribution in [1.82, 2.24) is 9.88 Å². The summed E-state index contributed by atoms with van der Waals surface area (Å²) in [7, 11) is 0. The summed E-state index contributed by atoms with van der Waals surface area (Å²) >= 11 is 1.78. The van der Waals surface area contributed by atoms with E-state index >= 15 is 0 Å². The third-order valence-corrected chi connectivity index (χ3v) is 4.17. The van der Waals surface area contributed by atoms with Gasteiger partial charge in [0.05, 0.1) is 18.9 Å². The largest absolute Gasteiger partial charge is 0.492 e. The number of ether oxygens (including phenoxy) is 2. The second kappa shape index (κ2) is 6.76. The van der Waals surface area contributed by atoms with Gasteiger partial charge < -0.3 is 14.5 Å². The van der Waals surface area contributed by atoms with Crippen molar-refractivity contribution < 1.29 is 14.3 Å². The molecule has 1 N–H and O–H groups in total. The van der Waals surface area contributed by atoms with E-state index in [-0.39, 0.29) is 3.79 Å². The molecule has 0 spiro atoms. The molecule has 1 aromatic heterocycles. The summed E-state index contributed by atoms with van der Waals surface area (Å²) in [6.45, 7) is 5.13. The number of benzene rings is 1. The molecule has 0 radical (unpaired) electrons. The van der Waals surface area contributed by atoms with Crippen LogP contribution in [-0.2, 0) is 4.74 Å². The fourth-order valence-electron chi connectivity index (χ4n) is 2.42. The number of H-pyrrole nitrogens is 1. The van der Waals surface area contributed by atoms with Gasteiger partial charge in [-0.15, -0.1) is 0 Å². The van der Waals surface area contributed by atoms with Crippen LogP contribution in [0.15, 0.2) is 24.3 Å². The predicted octanol–water partition coefficient (Wildman–Crippen LogP) is 2.45. The van der Waals surface area contributed by atoms with Crippen molar-refractivity contribution in [3.63, 3.8) is 0 Å². The van der Waals surface area contributed by atoms with E-state index in [0.717, 1.165) is 49.5 Å². The Morgan fingerprint density at radius 2 is 2.14 bits per heavy atom. The molecule has 21 heavy (non-hydrogen) atoms. The minimum Gasteiger partial charge on any atom is -0.492 e. The average Bonchev–Trinajstić information content (AvgIpc) is 2.92. The first-order valence-corrected chi connectivity index (χ1v) is 8.06. The Labute approximate surface area is 136 Å². The van der Waals surface area contributed by atoms with Gasteiger partial charge in [-0.3, -0.25) is 9.69 Å².